The van der Waals surface area contributed by atoms with E-state index in [0.717, 1.165) is 17.3 Å². The number of carbonyl (C=O) groups excluding carboxylic acids is 2. The zero-order valence-electron chi connectivity index (χ0n) is 21.0. The van der Waals surface area contributed by atoms with Crippen LogP contribution in [-0.4, -0.2) is 94.3 Å². The summed E-state index contributed by atoms with van der Waals surface area (Å²) in [6, 6.07) is 3.12. The number of hydrogen-bond donors (Lipinski definition) is 0. The number of carbonyl (C=O) groups is 2. The first-order valence-corrected chi connectivity index (χ1v) is 15.3. The van der Waals surface area contributed by atoms with Crippen LogP contribution in [0, 0.1) is 6.92 Å². The van der Waals surface area contributed by atoms with Crippen molar-refractivity contribution < 1.29 is 22.7 Å². The SMILES string of the molecule is CCOC(=O)N1CCN(c2nc3ccc(C)cn3c(=O)c2/C=C2/SC(=S)N(C3CCS(=O)(=O)C3)C2=O)CC1. The molecule has 14 heteroatoms. The number of fused-ring (bicyclic) bond motifs is 1. The third kappa shape index (κ3) is 5.04. The maximum Gasteiger partial charge on any atom is 0.409 e. The third-order valence-corrected chi connectivity index (χ3v) is 9.84. The van der Waals surface area contributed by atoms with Crippen LogP contribution < -0.4 is 10.5 Å². The van der Waals surface area contributed by atoms with E-state index in [4.69, 9.17) is 21.9 Å². The highest BCUT2D eigenvalue weighted by Crippen LogP contribution is 2.37. The summed E-state index contributed by atoms with van der Waals surface area (Å²) in [5.41, 5.74) is 1.23. The third-order valence-electron chi connectivity index (χ3n) is 6.76. The smallest absolute Gasteiger partial charge is 0.409 e. The Bertz CT molecular complexity index is 1530. The zero-order valence-corrected chi connectivity index (χ0v) is 23.4. The van der Waals surface area contributed by atoms with Gasteiger partial charge >= 0.3 is 6.09 Å². The maximum absolute atomic E-state index is 13.7. The van der Waals surface area contributed by atoms with Crippen LogP contribution in [0.5, 0.6) is 0 Å². The lowest BCUT2D eigenvalue weighted by atomic mass is 10.2. The second-order valence-corrected chi connectivity index (χ2v) is 13.3. The molecule has 2 aromatic heterocycles. The van der Waals surface area contributed by atoms with Gasteiger partial charge in [0.05, 0.1) is 34.6 Å². The van der Waals surface area contributed by atoms with Gasteiger partial charge in [0, 0.05) is 32.4 Å². The molecule has 0 N–H and O–H groups in total. The number of pyridine rings is 1. The van der Waals surface area contributed by atoms with Gasteiger partial charge < -0.3 is 14.5 Å². The molecule has 1 unspecified atom stereocenters. The van der Waals surface area contributed by atoms with Gasteiger partial charge in [-0.3, -0.25) is 18.9 Å². The molecule has 2 aromatic rings. The molecule has 38 heavy (non-hydrogen) atoms. The highest BCUT2D eigenvalue weighted by molar-refractivity contribution is 8.26. The van der Waals surface area contributed by atoms with Crippen molar-refractivity contribution >= 4 is 67.7 Å². The number of ether oxygens (including phenoxy) is 1. The van der Waals surface area contributed by atoms with Crippen LogP contribution in [0.1, 0.15) is 24.5 Å². The van der Waals surface area contributed by atoms with Crippen molar-refractivity contribution in [2.45, 2.75) is 26.3 Å². The molecule has 3 aliphatic heterocycles. The molecule has 2 amide bonds. The summed E-state index contributed by atoms with van der Waals surface area (Å²) in [6.07, 6.45) is 3.16. The molecule has 3 aliphatic rings. The molecule has 0 radical (unpaired) electrons. The predicted octanol–water partition coefficient (Wildman–Crippen LogP) is 1.67. The predicted molar refractivity (Wildman–Crippen MR) is 149 cm³/mol. The van der Waals surface area contributed by atoms with Gasteiger partial charge in [-0.1, -0.05) is 30.0 Å². The number of nitrogens with zero attached hydrogens (tertiary/aromatic N) is 5. The van der Waals surface area contributed by atoms with Crippen LogP contribution >= 0.6 is 24.0 Å². The first-order chi connectivity index (χ1) is 18.1. The number of aryl methyl sites for hydroxylation is 1. The zero-order chi connectivity index (χ0) is 27.2. The number of thiocarbonyl (C=S) groups is 1. The van der Waals surface area contributed by atoms with E-state index in [1.165, 1.54) is 15.4 Å². The molecule has 0 bridgehead atoms. The molecule has 0 saturated carbocycles. The Hall–Kier alpha value is -2.97. The highest BCUT2D eigenvalue weighted by atomic mass is 32.2. The normalized spacial score (nSPS) is 22.6. The second-order valence-electron chi connectivity index (χ2n) is 9.37. The standard InChI is InChI=1S/C24H27N5O6S3/c1-3-35-23(32)27-9-7-26(8-10-27)20-17(21(30)28-13-15(2)4-5-19(28)25-20)12-18-22(31)29(24(36)37-18)16-6-11-38(33,34)14-16/h4-5,12-13,16H,3,6-11,14H2,1-2H3/b18-12+. The fraction of sp³-hybridized carbons (Fsp3) is 0.458. The van der Waals surface area contributed by atoms with Crippen molar-refractivity contribution in [2.75, 3.05) is 49.2 Å². The molecule has 0 aromatic carbocycles. The van der Waals surface area contributed by atoms with Crippen molar-refractivity contribution in [3.05, 3.63) is 44.7 Å². The van der Waals surface area contributed by atoms with Crippen LogP contribution in [0.25, 0.3) is 11.7 Å². The Kier molecular flexibility index (Phi) is 7.22. The molecule has 5 heterocycles. The second kappa shape index (κ2) is 10.3. The van der Waals surface area contributed by atoms with Gasteiger partial charge in [0.2, 0.25) is 0 Å². The van der Waals surface area contributed by atoms with E-state index >= 15 is 0 Å². The quantitative estimate of drug-likeness (QED) is 0.392. The summed E-state index contributed by atoms with van der Waals surface area (Å²) in [5, 5.41) is 0. The Balaban J connectivity index is 1.52. The number of hydrogen-bond acceptors (Lipinski definition) is 10. The average Bonchev–Trinajstić information content (AvgIpc) is 3.37. The maximum atomic E-state index is 13.7. The van der Waals surface area contributed by atoms with Gasteiger partial charge in [0.25, 0.3) is 11.5 Å². The Morgan fingerprint density at radius 2 is 1.97 bits per heavy atom. The fourth-order valence-electron chi connectivity index (χ4n) is 4.83. The van der Waals surface area contributed by atoms with Gasteiger partial charge in [-0.2, -0.15) is 0 Å². The Morgan fingerprint density at radius 3 is 2.63 bits per heavy atom. The molecule has 0 aliphatic carbocycles. The van der Waals surface area contributed by atoms with Crippen molar-refractivity contribution in [2.24, 2.45) is 0 Å². The minimum atomic E-state index is -3.22. The molecule has 11 nitrogen and oxygen atoms in total. The van der Waals surface area contributed by atoms with Gasteiger partial charge in [-0.25, -0.2) is 18.2 Å². The summed E-state index contributed by atoms with van der Waals surface area (Å²) in [5.74, 6) is -0.0994. The van der Waals surface area contributed by atoms with Crippen LogP contribution in [0.4, 0.5) is 10.6 Å². The molecule has 202 valence electrons. The number of sulfone groups is 1. The molecule has 5 rings (SSSR count). The highest BCUT2D eigenvalue weighted by Gasteiger charge is 2.42. The minimum Gasteiger partial charge on any atom is -0.450 e. The van der Waals surface area contributed by atoms with E-state index in [-0.39, 0.29) is 44.6 Å². The lowest BCUT2D eigenvalue weighted by Gasteiger charge is -2.35. The van der Waals surface area contributed by atoms with Crippen molar-refractivity contribution in [1.29, 1.82) is 0 Å². The molecule has 3 saturated heterocycles. The van der Waals surface area contributed by atoms with E-state index in [1.807, 2.05) is 17.9 Å². The molecule has 0 spiro atoms. The topological polar surface area (TPSA) is 122 Å². The summed E-state index contributed by atoms with van der Waals surface area (Å²) >= 11 is 6.50. The van der Waals surface area contributed by atoms with E-state index in [0.29, 0.717) is 44.1 Å². The molecular formula is C24H27N5O6S3. The summed E-state index contributed by atoms with van der Waals surface area (Å²) in [6.45, 7) is 5.55. The van der Waals surface area contributed by atoms with Crippen LogP contribution in [0.3, 0.4) is 0 Å². The number of anilines is 1. The lowest BCUT2D eigenvalue weighted by molar-refractivity contribution is -0.123. The van der Waals surface area contributed by atoms with Gasteiger partial charge in [-0.05, 0) is 38.0 Å². The molecular weight excluding hydrogens is 550 g/mol. The van der Waals surface area contributed by atoms with Gasteiger partial charge in [-0.15, -0.1) is 0 Å². The van der Waals surface area contributed by atoms with E-state index in [2.05, 4.69) is 0 Å². The fourth-order valence-corrected chi connectivity index (χ4v) is 7.92. The number of thioether (sulfide) groups is 1. The Morgan fingerprint density at radius 1 is 1.24 bits per heavy atom. The van der Waals surface area contributed by atoms with Gasteiger partial charge in [0.1, 0.15) is 15.8 Å². The van der Waals surface area contributed by atoms with Crippen LogP contribution in [0.15, 0.2) is 28.0 Å². The first-order valence-electron chi connectivity index (χ1n) is 12.2. The summed E-state index contributed by atoms with van der Waals surface area (Å²) in [7, 11) is -3.22. The number of piperazine rings is 1. The largest absolute Gasteiger partial charge is 0.450 e. The van der Waals surface area contributed by atoms with E-state index < -0.39 is 21.8 Å². The van der Waals surface area contributed by atoms with Crippen molar-refractivity contribution in [3.63, 3.8) is 0 Å². The molecule has 3 fully saturated rings. The number of amides is 2. The number of rotatable bonds is 4. The van der Waals surface area contributed by atoms with Crippen molar-refractivity contribution in [1.82, 2.24) is 19.2 Å². The lowest BCUT2D eigenvalue weighted by Crippen LogP contribution is -2.49. The van der Waals surface area contributed by atoms with E-state index in [9.17, 15) is 22.8 Å². The monoisotopic (exact) mass is 577 g/mol. The van der Waals surface area contributed by atoms with Crippen LogP contribution in [-0.2, 0) is 19.4 Å². The van der Waals surface area contributed by atoms with Crippen molar-refractivity contribution in [3.8, 4) is 0 Å². The Labute approximate surface area is 229 Å². The number of aromatic nitrogens is 2. The first kappa shape index (κ1) is 26.6. The summed E-state index contributed by atoms with van der Waals surface area (Å²) in [4.78, 5) is 49.2. The average molecular weight is 578 g/mol. The van der Waals surface area contributed by atoms with Crippen LogP contribution in [0.2, 0.25) is 0 Å². The minimum absolute atomic E-state index is 0.0188. The van der Waals surface area contributed by atoms with Gasteiger partial charge in [0.15, 0.2) is 9.84 Å². The summed E-state index contributed by atoms with van der Waals surface area (Å²) < 4.78 is 30.8. The van der Waals surface area contributed by atoms with E-state index in [1.54, 1.807) is 24.1 Å². The molecule has 1 atom stereocenters.